The van der Waals surface area contributed by atoms with Crippen molar-refractivity contribution in [3.05, 3.63) is 108 Å². The second kappa shape index (κ2) is 10.8. The molecule has 4 aromatic carbocycles. The number of aromatic nitrogens is 1. The van der Waals surface area contributed by atoms with E-state index in [1.54, 1.807) is 25.3 Å². The third-order valence-corrected chi connectivity index (χ3v) is 7.78. The van der Waals surface area contributed by atoms with Gasteiger partial charge in [0.2, 0.25) is 0 Å². The maximum atomic E-state index is 12.7. The molecule has 0 saturated heterocycles. The number of methoxy groups -OCH3 is 1. The number of carbonyl (C=O) groups excluding carboxylic acids is 2. The van der Waals surface area contributed by atoms with Crippen LogP contribution in [0.2, 0.25) is 0 Å². The fraction of sp³-hybridized carbons (Fsp3) is 0.0690. The van der Waals surface area contributed by atoms with Gasteiger partial charge in [0.1, 0.15) is 5.75 Å². The zero-order chi connectivity index (χ0) is 24.9. The minimum atomic E-state index is -0.241. The number of amides is 1. The number of hydrogen-bond acceptors (Lipinski definition) is 6. The number of carbonyl (C=O) groups is 2. The number of thiazole rings is 1. The molecule has 0 saturated carbocycles. The Morgan fingerprint density at radius 1 is 0.889 bits per heavy atom. The maximum Gasteiger partial charge on any atom is 0.259 e. The summed E-state index contributed by atoms with van der Waals surface area (Å²) in [6.45, 7) is 0. The quantitative estimate of drug-likeness (QED) is 0.177. The fourth-order valence-corrected chi connectivity index (χ4v) is 5.77. The topological polar surface area (TPSA) is 68.3 Å². The number of benzene rings is 4. The second-order valence-corrected chi connectivity index (χ2v) is 10.2. The number of anilines is 1. The lowest BCUT2D eigenvalue weighted by molar-refractivity contribution is 0.101. The summed E-state index contributed by atoms with van der Waals surface area (Å²) in [6.07, 6.45) is 0. The standard InChI is InChI=1S/C29H22N2O3S2/c1-34-26-10-6-5-9-23(26)28(33)30-22-15-16-24-27(17-22)36-29(31-24)35-18-25(32)21-13-11-20(12-14-21)19-7-3-2-4-8-19/h2-17H,18H2,1H3,(H,30,33). The number of Topliss-reactive ketones (excluding diaryl/α,β-unsaturated/α-hetero) is 1. The van der Waals surface area contributed by atoms with Crippen molar-refractivity contribution in [1.82, 2.24) is 4.98 Å². The van der Waals surface area contributed by atoms with Crippen LogP contribution in [-0.2, 0) is 0 Å². The average molecular weight is 511 g/mol. The first-order chi connectivity index (χ1) is 17.6. The van der Waals surface area contributed by atoms with E-state index >= 15 is 0 Å². The highest BCUT2D eigenvalue weighted by atomic mass is 32.2. The molecule has 1 amide bonds. The number of ketones is 1. The molecule has 178 valence electrons. The Morgan fingerprint density at radius 3 is 2.39 bits per heavy atom. The zero-order valence-corrected chi connectivity index (χ0v) is 21.1. The van der Waals surface area contributed by atoms with Gasteiger partial charge in [0.25, 0.3) is 5.91 Å². The molecule has 0 radical (unpaired) electrons. The number of hydrogen-bond donors (Lipinski definition) is 1. The summed E-state index contributed by atoms with van der Waals surface area (Å²) in [4.78, 5) is 30.1. The van der Waals surface area contributed by atoms with Crippen molar-refractivity contribution in [3.63, 3.8) is 0 Å². The van der Waals surface area contributed by atoms with E-state index in [9.17, 15) is 9.59 Å². The predicted octanol–water partition coefficient (Wildman–Crippen LogP) is 7.20. The Kier molecular flexibility index (Phi) is 7.11. The van der Waals surface area contributed by atoms with E-state index in [2.05, 4.69) is 22.4 Å². The zero-order valence-electron chi connectivity index (χ0n) is 19.4. The van der Waals surface area contributed by atoms with Crippen molar-refractivity contribution in [2.75, 3.05) is 18.2 Å². The first-order valence-corrected chi connectivity index (χ1v) is 13.1. The van der Waals surface area contributed by atoms with Crippen LogP contribution < -0.4 is 10.1 Å². The number of nitrogens with zero attached hydrogens (tertiary/aromatic N) is 1. The van der Waals surface area contributed by atoms with Crippen molar-refractivity contribution in [2.24, 2.45) is 0 Å². The van der Waals surface area contributed by atoms with E-state index in [1.807, 2.05) is 66.7 Å². The van der Waals surface area contributed by atoms with Gasteiger partial charge in [0, 0.05) is 11.3 Å². The summed E-state index contributed by atoms with van der Waals surface area (Å²) >= 11 is 2.93. The van der Waals surface area contributed by atoms with E-state index in [0.29, 0.717) is 28.3 Å². The van der Waals surface area contributed by atoms with Crippen LogP contribution in [0.25, 0.3) is 21.3 Å². The van der Waals surface area contributed by atoms with Crippen molar-refractivity contribution in [2.45, 2.75) is 4.34 Å². The Labute approximate surface area is 217 Å². The number of ether oxygens (including phenoxy) is 1. The van der Waals surface area contributed by atoms with Crippen LogP contribution in [0.5, 0.6) is 5.75 Å². The molecule has 36 heavy (non-hydrogen) atoms. The Hall–Kier alpha value is -3.94. The first kappa shape index (κ1) is 23.8. The minimum Gasteiger partial charge on any atom is -0.496 e. The van der Waals surface area contributed by atoms with Crippen molar-refractivity contribution >= 4 is 50.7 Å². The molecule has 7 heteroatoms. The second-order valence-electron chi connectivity index (χ2n) is 7.97. The van der Waals surface area contributed by atoms with Gasteiger partial charge in [-0.1, -0.05) is 78.5 Å². The lowest BCUT2D eigenvalue weighted by atomic mass is 10.0. The fourth-order valence-electron chi connectivity index (χ4n) is 3.76. The summed E-state index contributed by atoms with van der Waals surface area (Å²) in [7, 11) is 1.54. The van der Waals surface area contributed by atoms with E-state index in [0.717, 1.165) is 25.7 Å². The van der Waals surface area contributed by atoms with Crippen LogP contribution in [0.15, 0.2) is 101 Å². The molecule has 5 rings (SSSR count). The van der Waals surface area contributed by atoms with Crippen LogP contribution in [0.1, 0.15) is 20.7 Å². The molecule has 1 aromatic heterocycles. The molecule has 0 spiro atoms. The number of rotatable bonds is 8. The number of fused-ring (bicyclic) bond motifs is 1. The van der Waals surface area contributed by atoms with Crippen molar-refractivity contribution in [3.8, 4) is 16.9 Å². The van der Waals surface area contributed by atoms with Crippen LogP contribution in [0.4, 0.5) is 5.69 Å². The van der Waals surface area contributed by atoms with E-state index in [1.165, 1.54) is 23.1 Å². The smallest absolute Gasteiger partial charge is 0.259 e. The van der Waals surface area contributed by atoms with E-state index in [-0.39, 0.29) is 11.7 Å². The SMILES string of the molecule is COc1ccccc1C(=O)Nc1ccc2nc(SCC(=O)c3ccc(-c4ccccc4)cc3)sc2c1. The summed E-state index contributed by atoms with van der Waals surface area (Å²) in [5.74, 6) is 0.646. The lowest BCUT2D eigenvalue weighted by Crippen LogP contribution is -2.12. The average Bonchev–Trinajstić information content (AvgIpc) is 3.34. The molecule has 0 bridgehead atoms. The van der Waals surface area contributed by atoms with Gasteiger partial charge >= 0.3 is 0 Å². The lowest BCUT2D eigenvalue weighted by Gasteiger charge is -2.09. The van der Waals surface area contributed by atoms with Crippen LogP contribution in [0, 0.1) is 0 Å². The summed E-state index contributed by atoms with van der Waals surface area (Å²) in [5.41, 5.74) is 4.87. The maximum absolute atomic E-state index is 12.7. The monoisotopic (exact) mass is 510 g/mol. The molecule has 5 aromatic rings. The highest BCUT2D eigenvalue weighted by Gasteiger charge is 2.14. The Morgan fingerprint density at radius 2 is 1.61 bits per heavy atom. The van der Waals surface area contributed by atoms with Gasteiger partial charge in [0.05, 0.1) is 28.6 Å². The largest absolute Gasteiger partial charge is 0.496 e. The highest BCUT2D eigenvalue weighted by Crippen LogP contribution is 2.32. The summed E-state index contributed by atoms with van der Waals surface area (Å²) in [6, 6.07) is 30.5. The first-order valence-electron chi connectivity index (χ1n) is 11.3. The van der Waals surface area contributed by atoms with Gasteiger partial charge in [-0.25, -0.2) is 4.98 Å². The third-order valence-electron chi connectivity index (χ3n) is 5.62. The molecule has 0 atom stereocenters. The van der Waals surface area contributed by atoms with Gasteiger partial charge in [-0.3, -0.25) is 9.59 Å². The molecule has 0 fully saturated rings. The molecular weight excluding hydrogens is 488 g/mol. The van der Waals surface area contributed by atoms with Gasteiger partial charge in [-0.2, -0.15) is 0 Å². The van der Waals surface area contributed by atoms with E-state index in [4.69, 9.17) is 4.74 Å². The normalized spacial score (nSPS) is 10.8. The summed E-state index contributed by atoms with van der Waals surface area (Å²) in [5, 5.41) is 2.92. The predicted molar refractivity (Wildman–Crippen MR) is 147 cm³/mol. The summed E-state index contributed by atoms with van der Waals surface area (Å²) < 4.78 is 7.04. The molecule has 0 aliphatic rings. The van der Waals surface area contributed by atoms with Gasteiger partial charge in [-0.15, -0.1) is 11.3 Å². The third kappa shape index (κ3) is 5.32. The van der Waals surface area contributed by atoms with Gasteiger partial charge < -0.3 is 10.1 Å². The van der Waals surface area contributed by atoms with Crippen LogP contribution in [0.3, 0.4) is 0 Å². The number of nitrogens with one attached hydrogen (secondary N) is 1. The van der Waals surface area contributed by atoms with Crippen LogP contribution in [-0.4, -0.2) is 29.5 Å². The highest BCUT2D eigenvalue weighted by molar-refractivity contribution is 8.01. The van der Waals surface area contributed by atoms with Crippen molar-refractivity contribution in [1.29, 1.82) is 0 Å². The van der Waals surface area contributed by atoms with Crippen LogP contribution >= 0.6 is 23.1 Å². The van der Waals surface area contributed by atoms with E-state index < -0.39 is 0 Å². The number of para-hydroxylation sites is 1. The number of thioether (sulfide) groups is 1. The molecule has 1 heterocycles. The Bertz CT molecular complexity index is 1530. The molecule has 1 N–H and O–H groups in total. The molecule has 5 nitrogen and oxygen atoms in total. The molecular formula is C29H22N2O3S2. The minimum absolute atomic E-state index is 0.0589. The van der Waals surface area contributed by atoms with Gasteiger partial charge in [-0.05, 0) is 41.5 Å². The molecule has 0 unspecified atom stereocenters. The van der Waals surface area contributed by atoms with Gasteiger partial charge in [0.15, 0.2) is 10.1 Å². The van der Waals surface area contributed by atoms with Crippen molar-refractivity contribution < 1.29 is 14.3 Å². The Balaban J connectivity index is 1.23. The molecule has 0 aliphatic carbocycles. The molecule has 0 aliphatic heterocycles.